The Bertz CT molecular complexity index is 831. The van der Waals surface area contributed by atoms with E-state index in [0.717, 1.165) is 45.3 Å². The molecule has 2 heterocycles. The molecule has 0 fully saturated rings. The number of benzene rings is 1. The molecule has 102 valence electrons. The van der Waals surface area contributed by atoms with E-state index in [0.29, 0.717) is 0 Å². The van der Waals surface area contributed by atoms with Crippen molar-refractivity contribution in [3.8, 4) is 11.4 Å². The fourth-order valence-electron chi connectivity index (χ4n) is 3.06. The highest BCUT2D eigenvalue weighted by Gasteiger charge is 2.25. The smallest absolute Gasteiger partial charge is 0.144 e. The third kappa shape index (κ3) is 1.61. The van der Waals surface area contributed by atoms with Gasteiger partial charge < -0.3 is 10.3 Å². The van der Waals surface area contributed by atoms with Gasteiger partial charge in [-0.1, -0.05) is 11.6 Å². The molecule has 2 aromatic heterocycles. The zero-order chi connectivity index (χ0) is 13.9. The van der Waals surface area contributed by atoms with Gasteiger partial charge in [-0.25, -0.2) is 4.98 Å². The minimum atomic E-state index is 0.732. The predicted octanol–water partition coefficient (Wildman–Crippen LogP) is 4.03. The summed E-state index contributed by atoms with van der Waals surface area (Å²) in [5.41, 5.74) is 10.8. The minimum Gasteiger partial charge on any atom is -0.390 e. The second kappa shape index (κ2) is 4.24. The van der Waals surface area contributed by atoms with E-state index in [9.17, 15) is 0 Å². The van der Waals surface area contributed by atoms with Crippen LogP contribution in [-0.4, -0.2) is 9.55 Å². The minimum absolute atomic E-state index is 0.732. The molecular weight excluding hydrogens is 290 g/mol. The largest absolute Gasteiger partial charge is 0.390 e. The molecule has 1 aliphatic rings. The molecular formula is C15H14ClN3S. The van der Waals surface area contributed by atoms with Crippen LogP contribution in [0.25, 0.3) is 22.4 Å². The first-order valence-electron chi connectivity index (χ1n) is 6.67. The van der Waals surface area contributed by atoms with Crippen LogP contribution in [-0.2, 0) is 19.9 Å². The highest BCUT2D eigenvalue weighted by atomic mass is 35.5. The second-order valence-electron chi connectivity index (χ2n) is 5.22. The van der Waals surface area contributed by atoms with Crippen LogP contribution in [0.3, 0.4) is 0 Å². The number of aryl methyl sites for hydroxylation is 2. The van der Waals surface area contributed by atoms with E-state index >= 15 is 0 Å². The molecule has 5 heteroatoms. The van der Waals surface area contributed by atoms with E-state index in [4.69, 9.17) is 22.3 Å². The summed E-state index contributed by atoms with van der Waals surface area (Å²) in [7, 11) is 2.03. The summed E-state index contributed by atoms with van der Waals surface area (Å²) in [5.74, 6) is 0.958. The number of hydrogen-bond donors (Lipinski definition) is 1. The number of thiophene rings is 1. The molecule has 3 nitrogen and oxygen atoms in total. The summed E-state index contributed by atoms with van der Waals surface area (Å²) in [4.78, 5) is 6.20. The van der Waals surface area contributed by atoms with Crippen LogP contribution in [0.15, 0.2) is 18.2 Å². The third-order valence-corrected chi connectivity index (χ3v) is 5.37. The van der Waals surface area contributed by atoms with E-state index in [1.807, 2.05) is 25.2 Å². The number of aromatic nitrogens is 2. The molecule has 0 aliphatic heterocycles. The fraction of sp³-hybridized carbons (Fsp3) is 0.267. The zero-order valence-corrected chi connectivity index (χ0v) is 12.7. The van der Waals surface area contributed by atoms with Crippen LogP contribution in [0.4, 0.5) is 5.00 Å². The number of fused-ring (bicyclic) bond motifs is 2. The average molecular weight is 304 g/mol. The molecule has 2 N–H and O–H groups in total. The van der Waals surface area contributed by atoms with Crippen molar-refractivity contribution in [2.45, 2.75) is 19.3 Å². The van der Waals surface area contributed by atoms with Crippen molar-refractivity contribution in [1.29, 1.82) is 0 Å². The van der Waals surface area contributed by atoms with Crippen LogP contribution < -0.4 is 5.73 Å². The van der Waals surface area contributed by atoms with Gasteiger partial charge in [0.25, 0.3) is 0 Å². The highest BCUT2D eigenvalue weighted by Crippen LogP contribution is 2.43. The Morgan fingerprint density at radius 2 is 2.20 bits per heavy atom. The summed E-state index contributed by atoms with van der Waals surface area (Å²) in [6.45, 7) is 0. The Hall–Kier alpha value is -1.52. The second-order valence-corrected chi connectivity index (χ2v) is 6.80. The summed E-state index contributed by atoms with van der Waals surface area (Å²) in [5, 5.41) is 1.62. The maximum atomic E-state index is 6.24. The van der Waals surface area contributed by atoms with Crippen LogP contribution in [0.1, 0.15) is 16.9 Å². The molecule has 3 aromatic rings. The van der Waals surface area contributed by atoms with E-state index < -0.39 is 0 Å². The van der Waals surface area contributed by atoms with Gasteiger partial charge in [0.15, 0.2) is 0 Å². The number of nitrogens with two attached hydrogens (primary N) is 1. The first kappa shape index (κ1) is 12.2. The number of nitrogens with zero attached hydrogens (tertiary/aromatic N) is 2. The van der Waals surface area contributed by atoms with E-state index in [1.165, 1.54) is 16.9 Å². The van der Waals surface area contributed by atoms with Gasteiger partial charge in [-0.3, -0.25) is 0 Å². The summed E-state index contributed by atoms with van der Waals surface area (Å²) in [6, 6.07) is 5.79. The molecule has 0 saturated heterocycles. The number of nitrogen functional groups attached to an aromatic ring is 1. The molecule has 0 atom stereocenters. The van der Waals surface area contributed by atoms with Crippen LogP contribution in [0, 0.1) is 0 Å². The highest BCUT2D eigenvalue weighted by molar-refractivity contribution is 7.16. The van der Waals surface area contributed by atoms with Gasteiger partial charge in [0.1, 0.15) is 5.82 Å². The van der Waals surface area contributed by atoms with Gasteiger partial charge >= 0.3 is 0 Å². The number of rotatable bonds is 1. The lowest BCUT2D eigenvalue weighted by atomic mass is 10.1. The molecule has 0 saturated carbocycles. The quantitative estimate of drug-likeness (QED) is 0.737. The summed E-state index contributed by atoms with van der Waals surface area (Å²) < 4.78 is 2.10. The number of halogens is 1. The Balaban J connectivity index is 2.01. The van der Waals surface area contributed by atoms with Crippen molar-refractivity contribution in [2.24, 2.45) is 7.05 Å². The molecule has 0 spiro atoms. The molecule has 1 aromatic carbocycles. The van der Waals surface area contributed by atoms with Crippen LogP contribution in [0.2, 0.25) is 5.02 Å². The van der Waals surface area contributed by atoms with Crippen molar-refractivity contribution >= 4 is 39.0 Å². The maximum Gasteiger partial charge on any atom is 0.144 e. The monoisotopic (exact) mass is 303 g/mol. The first-order chi connectivity index (χ1) is 9.65. The Kier molecular flexibility index (Phi) is 2.59. The molecule has 0 amide bonds. The number of imidazole rings is 1. The molecule has 4 rings (SSSR count). The SMILES string of the molecule is Cn1c(-c2c(N)sc3c2CCC3)nc2ccc(Cl)cc21. The summed E-state index contributed by atoms with van der Waals surface area (Å²) >= 11 is 7.80. The third-order valence-electron chi connectivity index (χ3n) is 4.02. The predicted molar refractivity (Wildman–Crippen MR) is 85.5 cm³/mol. The van der Waals surface area contributed by atoms with Crippen molar-refractivity contribution in [1.82, 2.24) is 9.55 Å². The van der Waals surface area contributed by atoms with Gasteiger partial charge in [-0.15, -0.1) is 11.3 Å². The van der Waals surface area contributed by atoms with E-state index in [1.54, 1.807) is 11.3 Å². The molecule has 0 unspecified atom stereocenters. The van der Waals surface area contributed by atoms with Gasteiger partial charge in [-0.05, 0) is 43.0 Å². The Labute approximate surface area is 126 Å². The molecule has 0 bridgehead atoms. The lowest BCUT2D eigenvalue weighted by Gasteiger charge is -2.04. The zero-order valence-electron chi connectivity index (χ0n) is 11.1. The topological polar surface area (TPSA) is 43.8 Å². The van der Waals surface area contributed by atoms with E-state index in [-0.39, 0.29) is 0 Å². The lowest BCUT2D eigenvalue weighted by molar-refractivity contribution is 0.910. The molecule has 20 heavy (non-hydrogen) atoms. The first-order valence-corrected chi connectivity index (χ1v) is 7.87. The van der Waals surface area contributed by atoms with Gasteiger partial charge in [-0.2, -0.15) is 0 Å². The van der Waals surface area contributed by atoms with Crippen LogP contribution in [0.5, 0.6) is 0 Å². The Morgan fingerprint density at radius 3 is 3.05 bits per heavy atom. The van der Waals surface area contributed by atoms with Crippen molar-refractivity contribution in [3.05, 3.63) is 33.7 Å². The number of hydrogen-bond acceptors (Lipinski definition) is 3. The standard InChI is InChI=1S/C15H14ClN3S/c1-19-11-7-8(16)5-6-10(11)18-15(19)13-9-3-2-4-12(9)20-14(13)17/h5-7H,2-4,17H2,1H3. The van der Waals surface area contributed by atoms with Crippen molar-refractivity contribution < 1.29 is 0 Å². The normalized spacial score (nSPS) is 14.1. The lowest BCUT2D eigenvalue weighted by Crippen LogP contribution is -1.96. The van der Waals surface area contributed by atoms with Crippen molar-refractivity contribution in [3.63, 3.8) is 0 Å². The van der Waals surface area contributed by atoms with Gasteiger partial charge in [0.05, 0.1) is 21.6 Å². The van der Waals surface area contributed by atoms with Gasteiger partial charge in [0, 0.05) is 16.9 Å². The fourth-order valence-corrected chi connectivity index (χ4v) is 4.38. The van der Waals surface area contributed by atoms with Crippen molar-refractivity contribution in [2.75, 3.05) is 5.73 Å². The van der Waals surface area contributed by atoms with Gasteiger partial charge in [0.2, 0.25) is 0 Å². The van der Waals surface area contributed by atoms with E-state index in [2.05, 4.69) is 4.57 Å². The maximum absolute atomic E-state index is 6.24. The average Bonchev–Trinajstić information content (AvgIpc) is 3.05. The molecule has 1 aliphatic carbocycles. The summed E-state index contributed by atoms with van der Waals surface area (Å²) in [6.07, 6.45) is 3.49. The molecule has 0 radical (unpaired) electrons. The Morgan fingerprint density at radius 1 is 1.35 bits per heavy atom. The van der Waals surface area contributed by atoms with Crippen LogP contribution >= 0.6 is 22.9 Å². The number of anilines is 1.